The smallest absolute Gasteiger partial charge is 0.227 e. The summed E-state index contributed by atoms with van der Waals surface area (Å²) in [5.74, 6) is 0.607. The minimum absolute atomic E-state index is 0.393. The van der Waals surface area contributed by atoms with Crippen molar-refractivity contribution in [3.63, 3.8) is 0 Å². The van der Waals surface area contributed by atoms with Crippen LogP contribution in [0, 0.1) is 25.2 Å². The van der Waals surface area contributed by atoms with Gasteiger partial charge in [-0.1, -0.05) is 12.1 Å². The van der Waals surface area contributed by atoms with Crippen LogP contribution in [0.5, 0.6) is 0 Å². The Labute approximate surface area is 130 Å². The summed E-state index contributed by atoms with van der Waals surface area (Å²) in [5.41, 5.74) is 4.65. The second kappa shape index (κ2) is 6.12. The molecule has 0 spiro atoms. The molecule has 5 heteroatoms. The molecule has 0 radical (unpaired) electrons. The monoisotopic (exact) mass is 294 g/mol. The van der Waals surface area contributed by atoms with Crippen molar-refractivity contribution >= 4 is 5.95 Å². The molecule has 1 aliphatic heterocycles. The number of rotatable bonds is 2. The largest absolute Gasteiger partial charge is 0.378 e. The van der Waals surface area contributed by atoms with Crippen molar-refractivity contribution in [2.24, 2.45) is 0 Å². The molecule has 0 saturated carbocycles. The zero-order valence-electron chi connectivity index (χ0n) is 12.8. The summed E-state index contributed by atoms with van der Waals surface area (Å²) in [6, 6.07) is 10.1. The van der Waals surface area contributed by atoms with Gasteiger partial charge in [0.15, 0.2) is 0 Å². The number of benzene rings is 1. The maximum absolute atomic E-state index is 9.25. The van der Waals surface area contributed by atoms with E-state index in [1.807, 2.05) is 6.07 Å². The maximum Gasteiger partial charge on any atom is 0.227 e. The molecule has 0 atom stereocenters. The van der Waals surface area contributed by atoms with E-state index in [4.69, 9.17) is 4.74 Å². The molecule has 0 bridgehead atoms. The van der Waals surface area contributed by atoms with E-state index >= 15 is 0 Å². The Bertz CT molecular complexity index is 730. The lowest BCUT2D eigenvalue weighted by atomic mass is 10.0. The molecule has 22 heavy (non-hydrogen) atoms. The van der Waals surface area contributed by atoms with Crippen LogP contribution in [-0.2, 0) is 4.74 Å². The first kappa shape index (κ1) is 14.5. The van der Waals surface area contributed by atoms with Crippen molar-refractivity contribution in [3.8, 4) is 17.3 Å². The van der Waals surface area contributed by atoms with Gasteiger partial charge in [-0.05, 0) is 31.0 Å². The zero-order valence-corrected chi connectivity index (χ0v) is 12.8. The summed E-state index contributed by atoms with van der Waals surface area (Å²) >= 11 is 0. The van der Waals surface area contributed by atoms with Gasteiger partial charge in [0.25, 0.3) is 0 Å². The standard InChI is InChI=1S/C17H18N4O/c1-12-3-4-14(9-13(12)2)16-10-15(11-18)19-17(20-16)21-5-7-22-8-6-21/h3-4,9-10H,5-8H2,1-2H3. The van der Waals surface area contributed by atoms with Gasteiger partial charge in [0.2, 0.25) is 5.95 Å². The molecule has 112 valence electrons. The highest BCUT2D eigenvalue weighted by molar-refractivity contribution is 5.63. The van der Waals surface area contributed by atoms with Crippen LogP contribution in [0.3, 0.4) is 0 Å². The average Bonchev–Trinajstić information content (AvgIpc) is 2.57. The van der Waals surface area contributed by atoms with E-state index in [1.54, 1.807) is 6.07 Å². The summed E-state index contributed by atoms with van der Waals surface area (Å²) in [7, 11) is 0. The Morgan fingerprint density at radius 3 is 2.55 bits per heavy atom. The number of hydrogen-bond donors (Lipinski definition) is 0. The fourth-order valence-electron chi connectivity index (χ4n) is 2.45. The maximum atomic E-state index is 9.25. The number of morpholine rings is 1. The normalized spacial score (nSPS) is 14.7. The topological polar surface area (TPSA) is 62.0 Å². The molecular weight excluding hydrogens is 276 g/mol. The fraction of sp³-hybridized carbons (Fsp3) is 0.353. The minimum atomic E-state index is 0.393. The molecule has 5 nitrogen and oxygen atoms in total. The number of nitriles is 1. The highest BCUT2D eigenvalue weighted by Gasteiger charge is 2.16. The molecule has 1 saturated heterocycles. The first-order valence-corrected chi connectivity index (χ1v) is 7.37. The van der Waals surface area contributed by atoms with E-state index in [-0.39, 0.29) is 0 Å². The molecular formula is C17H18N4O. The van der Waals surface area contributed by atoms with E-state index in [0.29, 0.717) is 24.9 Å². The van der Waals surface area contributed by atoms with Gasteiger partial charge < -0.3 is 9.64 Å². The number of anilines is 1. The Balaban J connectivity index is 2.03. The van der Waals surface area contributed by atoms with Crippen molar-refractivity contribution in [1.29, 1.82) is 5.26 Å². The predicted octanol–water partition coefficient (Wildman–Crippen LogP) is 2.47. The van der Waals surface area contributed by atoms with E-state index in [9.17, 15) is 5.26 Å². The quantitative estimate of drug-likeness (QED) is 0.851. The highest BCUT2D eigenvalue weighted by atomic mass is 16.5. The summed E-state index contributed by atoms with van der Waals surface area (Å²) in [6.45, 7) is 6.99. The zero-order chi connectivity index (χ0) is 15.5. The van der Waals surface area contributed by atoms with Gasteiger partial charge in [-0.25, -0.2) is 9.97 Å². The predicted molar refractivity (Wildman–Crippen MR) is 84.7 cm³/mol. The Morgan fingerprint density at radius 2 is 1.86 bits per heavy atom. The number of hydrogen-bond acceptors (Lipinski definition) is 5. The Kier molecular flexibility index (Phi) is 4.03. The number of nitrogens with zero attached hydrogens (tertiary/aromatic N) is 4. The van der Waals surface area contributed by atoms with Gasteiger partial charge in [-0.3, -0.25) is 0 Å². The highest BCUT2D eigenvalue weighted by Crippen LogP contribution is 2.23. The summed E-state index contributed by atoms with van der Waals surface area (Å²) in [4.78, 5) is 11.1. The van der Waals surface area contributed by atoms with Crippen molar-refractivity contribution < 1.29 is 4.74 Å². The van der Waals surface area contributed by atoms with Gasteiger partial charge in [0.1, 0.15) is 11.8 Å². The van der Waals surface area contributed by atoms with Crippen LogP contribution in [0.1, 0.15) is 16.8 Å². The first-order valence-electron chi connectivity index (χ1n) is 7.37. The molecule has 2 heterocycles. The van der Waals surface area contributed by atoms with Gasteiger partial charge in [-0.15, -0.1) is 0 Å². The third-order valence-corrected chi connectivity index (χ3v) is 3.93. The molecule has 0 N–H and O–H groups in total. The lowest BCUT2D eigenvalue weighted by Crippen LogP contribution is -2.37. The Hall–Kier alpha value is -2.45. The van der Waals surface area contributed by atoms with Crippen molar-refractivity contribution in [1.82, 2.24) is 9.97 Å². The van der Waals surface area contributed by atoms with E-state index in [0.717, 1.165) is 24.3 Å². The number of aryl methyl sites for hydroxylation is 2. The average molecular weight is 294 g/mol. The van der Waals surface area contributed by atoms with Crippen molar-refractivity contribution in [2.45, 2.75) is 13.8 Å². The van der Waals surface area contributed by atoms with Crippen molar-refractivity contribution in [2.75, 3.05) is 31.2 Å². The van der Waals surface area contributed by atoms with Crippen LogP contribution in [0.4, 0.5) is 5.95 Å². The third-order valence-electron chi connectivity index (χ3n) is 3.93. The van der Waals surface area contributed by atoms with Crippen LogP contribution in [-0.4, -0.2) is 36.3 Å². The molecule has 1 fully saturated rings. The molecule has 0 unspecified atom stereocenters. The third kappa shape index (κ3) is 2.92. The summed E-state index contributed by atoms with van der Waals surface area (Å²) in [6.07, 6.45) is 0. The second-order valence-corrected chi connectivity index (χ2v) is 5.45. The minimum Gasteiger partial charge on any atom is -0.378 e. The Morgan fingerprint density at radius 1 is 1.09 bits per heavy atom. The molecule has 1 aromatic heterocycles. The first-order chi connectivity index (χ1) is 10.7. The molecule has 3 rings (SSSR count). The van der Waals surface area contributed by atoms with Gasteiger partial charge in [-0.2, -0.15) is 5.26 Å². The molecule has 1 aromatic carbocycles. The summed E-state index contributed by atoms with van der Waals surface area (Å²) < 4.78 is 5.36. The molecule has 0 amide bonds. The lowest BCUT2D eigenvalue weighted by Gasteiger charge is -2.27. The van der Waals surface area contributed by atoms with E-state index in [1.165, 1.54) is 11.1 Å². The van der Waals surface area contributed by atoms with Crippen LogP contribution >= 0.6 is 0 Å². The molecule has 2 aromatic rings. The fourth-order valence-corrected chi connectivity index (χ4v) is 2.45. The van der Waals surface area contributed by atoms with Crippen molar-refractivity contribution in [3.05, 3.63) is 41.1 Å². The van der Waals surface area contributed by atoms with Gasteiger partial charge >= 0.3 is 0 Å². The van der Waals surface area contributed by atoms with Crippen LogP contribution in [0.25, 0.3) is 11.3 Å². The molecule has 1 aliphatic rings. The second-order valence-electron chi connectivity index (χ2n) is 5.45. The van der Waals surface area contributed by atoms with E-state index in [2.05, 4.69) is 46.9 Å². The van der Waals surface area contributed by atoms with E-state index < -0.39 is 0 Å². The molecule has 0 aliphatic carbocycles. The van der Waals surface area contributed by atoms with Gasteiger partial charge in [0.05, 0.1) is 18.9 Å². The van der Waals surface area contributed by atoms with Gasteiger partial charge in [0, 0.05) is 24.7 Å². The van der Waals surface area contributed by atoms with Crippen LogP contribution < -0.4 is 4.90 Å². The SMILES string of the molecule is Cc1ccc(-c2cc(C#N)nc(N3CCOCC3)n2)cc1C. The summed E-state index contributed by atoms with van der Waals surface area (Å²) in [5, 5.41) is 9.25. The lowest BCUT2D eigenvalue weighted by molar-refractivity contribution is 0.122. The van der Waals surface area contributed by atoms with Crippen LogP contribution in [0.2, 0.25) is 0 Å². The number of ether oxygens (including phenoxy) is 1. The number of aromatic nitrogens is 2. The van der Waals surface area contributed by atoms with Crippen LogP contribution in [0.15, 0.2) is 24.3 Å².